The van der Waals surface area contributed by atoms with Crippen LogP contribution in [-0.2, 0) is 17.8 Å². The number of nitrogens with zero attached hydrogens (tertiary/aromatic N) is 3. The molecular weight excluding hydrogens is 394 g/mol. The largest absolute Gasteiger partial charge is 0.356 e. The first-order chi connectivity index (χ1) is 15.1. The zero-order valence-electron chi connectivity index (χ0n) is 17.8. The van der Waals surface area contributed by atoms with Gasteiger partial charge in [0.2, 0.25) is 5.91 Å². The number of nitro groups is 1. The lowest BCUT2D eigenvalue weighted by Crippen LogP contribution is -2.37. The summed E-state index contributed by atoms with van der Waals surface area (Å²) < 4.78 is 0. The molecule has 1 aliphatic rings. The average Bonchev–Trinajstić information content (AvgIpc) is 3.22. The third-order valence-electron chi connectivity index (χ3n) is 5.34. The van der Waals surface area contributed by atoms with Crippen LogP contribution >= 0.6 is 0 Å². The monoisotopic (exact) mass is 423 g/mol. The Morgan fingerprint density at radius 2 is 1.77 bits per heavy atom. The van der Waals surface area contributed by atoms with Crippen molar-refractivity contribution in [3.63, 3.8) is 0 Å². The lowest BCUT2D eigenvalue weighted by Gasteiger charge is -2.16. The molecule has 8 heteroatoms. The number of nitro benzene ring substituents is 1. The van der Waals surface area contributed by atoms with Gasteiger partial charge in [-0.3, -0.25) is 19.9 Å². The molecule has 0 aliphatic carbocycles. The van der Waals surface area contributed by atoms with Crippen LogP contribution in [0, 0.1) is 10.1 Å². The van der Waals surface area contributed by atoms with Crippen molar-refractivity contribution >= 4 is 23.2 Å². The second-order valence-electron chi connectivity index (χ2n) is 7.55. The molecule has 0 saturated carbocycles. The van der Waals surface area contributed by atoms with Crippen LogP contribution in [-0.4, -0.2) is 36.9 Å². The first kappa shape index (κ1) is 22.3. The predicted molar refractivity (Wildman–Crippen MR) is 122 cm³/mol. The van der Waals surface area contributed by atoms with E-state index in [9.17, 15) is 14.9 Å². The number of aryl methyl sites for hydroxylation is 1. The molecule has 2 N–H and O–H groups in total. The van der Waals surface area contributed by atoms with Gasteiger partial charge in [0, 0.05) is 50.9 Å². The maximum absolute atomic E-state index is 11.8. The Balaban J connectivity index is 1.35. The van der Waals surface area contributed by atoms with E-state index < -0.39 is 0 Å². The van der Waals surface area contributed by atoms with E-state index in [2.05, 4.69) is 15.6 Å². The summed E-state index contributed by atoms with van der Waals surface area (Å²) in [6, 6.07) is 14.8. The number of hydrogen-bond donors (Lipinski definition) is 2. The van der Waals surface area contributed by atoms with Crippen molar-refractivity contribution in [3.05, 3.63) is 69.8 Å². The van der Waals surface area contributed by atoms with Gasteiger partial charge in [0.15, 0.2) is 5.96 Å². The van der Waals surface area contributed by atoms with Gasteiger partial charge in [-0.2, -0.15) is 0 Å². The molecule has 0 unspecified atom stereocenters. The van der Waals surface area contributed by atoms with Gasteiger partial charge in [-0.05, 0) is 48.9 Å². The first-order valence-electron chi connectivity index (χ1n) is 10.6. The number of hydrogen-bond acceptors (Lipinski definition) is 4. The summed E-state index contributed by atoms with van der Waals surface area (Å²) in [5, 5.41) is 17.3. The van der Waals surface area contributed by atoms with E-state index in [4.69, 9.17) is 0 Å². The minimum absolute atomic E-state index is 0.125. The fourth-order valence-corrected chi connectivity index (χ4v) is 3.57. The van der Waals surface area contributed by atoms with Crippen LogP contribution < -0.4 is 15.5 Å². The third-order valence-corrected chi connectivity index (χ3v) is 5.34. The normalized spacial score (nSPS) is 14.0. The highest BCUT2D eigenvalue weighted by molar-refractivity contribution is 5.95. The number of nitrogens with one attached hydrogen (secondary N) is 2. The zero-order chi connectivity index (χ0) is 22.1. The number of unbranched alkanes of at least 4 members (excludes halogenated alkanes) is 1. The van der Waals surface area contributed by atoms with Crippen LogP contribution in [0.4, 0.5) is 11.4 Å². The van der Waals surface area contributed by atoms with Crippen LogP contribution in [0.25, 0.3) is 0 Å². The Morgan fingerprint density at radius 3 is 2.39 bits per heavy atom. The number of guanidine groups is 1. The van der Waals surface area contributed by atoms with E-state index in [1.165, 1.54) is 0 Å². The van der Waals surface area contributed by atoms with E-state index in [1.54, 1.807) is 19.2 Å². The maximum Gasteiger partial charge on any atom is 0.269 e. The summed E-state index contributed by atoms with van der Waals surface area (Å²) in [5.74, 6) is 0.943. The number of amides is 1. The summed E-state index contributed by atoms with van der Waals surface area (Å²) in [5.41, 5.74) is 3.31. The molecule has 1 aliphatic heterocycles. The zero-order valence-corrected chi connectivity index (χ0v) is 17.8. The molecule has 1 fully saturated rings. The lowest BCUT2D eigenvalue weighted by atomic mass is 10.1. The molecule has 0 spiro atoms. The number of non-ortho nitro benzene ring substituents is 1. The molecule has 2 aromatic carbocycles. The molecule has 8 nitrogen and oxygen atoms in total. The third kappa shape index (κ3) is 6.53. The Bertz CT molecular complexity index is 910. The van der Waals surface area contributed by atoms with Gasteiger partial charge in [-0.25, -0.2) is 0 Å². The van der Waals surface area contributed by atoms with Crippen LogP contribution in [0.5, 0.6) is 0 Å². The Hall–Kier alpha value is -3.42. The van der Waals surface area contributed by atoms with E-state index in [-0.39, 0.29) is 16.5 Å². The smallest absolute Gasteiger partial charge is 0.269 e. The molecular formula is C23H29N5O3. The summed E-state index contributed by atoms with van der Waals surface area (Å²) in [7, 11) is 1.74. The van der Waals surface area contributed by atoms with Gasteiger partial charge in [0.1, 0.15) is 0 Å². The molecule has 164 valence electrons. The minimum atomic E-state index is -0.380. The van der Waals surface area contributed by atoms with Crippen molar-refractivity contribution < 1.29 is 9.72 Å². The number of carbonyl (C=O) groups is 1. The number of anilines is 1. The van der Waals surface area contributed by atoms with Gasteiger partial charge < -0.3 is 15.5 Å². The van der Waals surface area contributed by atoms with Crippen LogP contribution in [0.2, 0.25) is 0 Å². The molecule has 1 saturated heterocycles. The lowest BCUT2D eigenvalue weighted by molar-refractivity contribution is -0.384. The van der Waals surface area contributed by atoms with E-state index in [0.29, 0.717) is 13.0 Å². The highest BCUT2D eigenvalue weighted by atomic mass is 16.6. The first-order valence-corrected chi connectivity index (χ1v) is 10.6. The van der Waals surface area contributed by atoms with Crippen molar-refractivity contribution in [2.24, 2.45) is 4.99 Å². The van der Waals surface area contributed by atoms with Crippen molar-refractivity contribution in [3.8, 4) is 0 Å². The topological polar surface area (TPSA) is 99.9 Å². The number of benzene rings is 2. The molecule has 0 aromatic heterocycles. The fraction of sp³-hybridized carbons (Fsp3) is 0.391. The summed E-state index contributed by atoms with van der Waals surface area (Å²) >= 11 is 0. The molecule has 2 aromatic rings. The molecule has 0 atom stereocenters. The SMILES string of the molecule is CN=C(NCCCCc1ccc([N+](=O)[O-])cc1)NCc1ccc(N2CCCC2=O)cc1. The van der Waals surface area contributed by atoms with Gasteiger partial charge in [0.25, 0.3) is 5.69 Å². The van der Waals surface area contributed by atoms with Gasteiger partial charge >= 0.3 is 0 Å². The molecule has 3 rings (SSSR count). The molecule has 0 bridgehead atoms. The highest BCUT2D eigenvalue weighted by Crippen LogP contribution is 2.21. The van der Waals surface area contributed by atoms with Crippen molar-refractivity contribution in [1.29, 1.82) is 0 Å². The summed E-state index contributed by atoms with van der Waals surface area (Å²) in [6.45, 7) is 2.25. The number of rotatable bonds is 9. The second-order valence-corrected chi connectivity index (χ2v) is 7.55. The number of carbonyl (C=O) groups excluding carboxylic acids is 1. The minimum Gasteiger partial charge on any atom is -0.356 e. The average molecular weight is 424 g/mol. The molecule has 1 amide bonds. The predicted octanol–water partition coefficient (Wildman–Crippen LogP) is 3.41. The van der Waals surface area contributed by atoms with Crippen molar-refractivity contribution in [2.75, 3.05) is 25.0 Å². The Morgan fingerprint density at radius 1 is 1.06 bits per heavy atom. The maximum atomic E-state index is 11.8. The second kappa shape index (κ2) is 11.1. The van der Waals surface area contributed by atoms with Crippen LogP contribution in [0.1, 0.15) is 36.8 Å². The standard InChI is InChI=1S/C23H29N5O3/c1-24-23(25-15-3-2-5-18-7-13-21(14-8-18)28(30)31)26-17-19-9-11-20(12-10-19)27-16-4-6-22(27)29/h7-14H,2-6,15-17H2,1H3,(H2,24,25,26). The fourth-order valence-electron chi connectivity index (χ4n) is 3.57. The van der Waals surface area contributed by atoms with E-state index >= 15 is 0 Å². The summed E-state index contributed by atoms with van der Waals surface area (Å²) in [4.78, 5) is 28.3. The van der Waals surface area contributed by atoms with Crippen molar-refractivity contribution in [2.45, 2.75) is 38.6 Å². The van der Waals surface area contributed by atoms with Gasteiger partial charge in [0.05, 0.1) is 4.92 Å². The van der Waals surface area contributed by atoms with E-state index in [0.717, 1.165) is 61.5 Å². The molecule has 0 radical (unpaired) electrons. The summed E-state index contributed by atoms with van der Waals surface area (Å²) in [6.07, 6.45) is 4.41. The van der Waals surface area contributed by atoms with Gasteiger partial charge in [-0.15, -0.1) is 0 Å². The van der Waals surface area contributed by atoms with Gasteiger partial charge in [-0.1, -0.05) is 24.3 Å². The Kier molecular flexibility index (Phi) is 7.98. The van der Waals surface area contributed by atoms with Crippen molar-refractivity contribution in [1.82, 2.24) is 10.6 Å². The van der Waals surface area contributed by atoms with E-state index in [1.807, 2.05) is 41.3 Å². The van der Waals surface area contributed by atoms with Crippen LogP contribution in [0.3, 0.4) is 0 Å². The Labute approximate surface area is 182 Å². The van der Waals surface area contributed by atoms with Crippen LogP contribution in [0.15, 0.2) is 53.5 Å². The molecule has 31 heavy (non-hydrogen) atoms. The number of aliphatic imine (C=N–C) groups is 1. The molecule has 1 heterocycles. The quantitative estimate of drug-likeness (QED) is 0.212. The highest BCUT2D eigenvalue weighted by Gasteiger charge is 2.21.